The van der Waals surface area contributed by atoms with Crippen LogP contribution in [0.25, 0.3) is 0 Å². The normalized spacial score (nSPS) is 11.6. The number of hydrogen-bond donors (Lipinski definition) is 2. The Morgan fingerprint density at radius 2 is 1.33 bits per heavy atom. The smallest absolute Gasteiger partial charge is 0.156 e. The van der Waals surface area contributed by atoms with Crippen LogP contribution in [0.2, 0.25) is 0 Å². The lowest BCUT2D eigenvalue weighted by Gasteiger charge is -2.28. The van der Waals surface area contributed by atoms with E-state index < -0.39 is 17.2 Å². The van der Waals surface area contributed by atoms with Crippen LogP contribution in [0.1, 0.15) is 16.8 Å². The molecule has 2 aromatic carbocycles. The number of nitrogens with zero attached hydrogens (tertiary/aromatic N) is 1. The molecule has 3 rings (SSSR count). The lowest BCUT2D eigenvalue weighted by atomic mass is 9.84. The summed E-state index contributed by atoms with van der Waals surface area (Å²) in [4.78, 5) is 6.77. The SMILES string of the molecule is OC(c1ccc(F)cc1)(c1ccc(F)cc1)c1cnc[nH]1. The Bertz CT molecular complexity index is 676. The lowest BCUT2D eigenvalue weighted by Crippen LogP contribution is -2.29. The number of aromatic nitrogens is 2. The van der Waals surface area contributed by atoms with Crippen LogP contribution in [0.3, 0.4) is 0 Å². The van der Waals surface area contributed by atoms with Crippen molar-refractivity contribution in [1.82, 2.24) is 9.97 Å². The van der Waals surface area contributed by atoms with Crippen LogP contribution in [0.15, 0.2) is 61.1 Å². The van der Waals surface area contributed by atoms with Crippen molar-refractivity contribution in [2.24, 2.45) is 0 Å². The zero-order valence-electron chi connectivity index (χ0n) is 10.9. The lowest BCUT2D eigenvalue weighted by molar-refractivity contribution is 0.121. The Balaban J connectivity index is 2.20. The van der Waals surface area contributed by atoms with E-state index in [1.165, 1.54) is 61.1 Å². The third-order valence-corrected chi connectivity index (χ3v) is 3.41. The minimum atomic E-state index is -1.56. The maximum atomic E-state index is 13.1. The topological polar surface area (TPSA) is 48.9 Å². The van der Waals surface area contributed by atoms with E-state index in [-0.39, 0.29) is 0 Å². The molecule has 1 aromatic heterocycles. The number of nitrogens with one attached hydrogen (secondary N) is 1. The molecule has 0 saturated heterocycles. The van der Waals surface area contributed by atoms with E-state index in [1.54, 1.807) is 0 Å². The Morgan fingerprint density at radius 1 is 0.857 bits per heavy atom. The molecular formula is C16H12F2N2O. The molecule has 0 aliphatic carbocycles. The highest BCUT2D eigenvalue weighted by atomic mass is 19.1. The Labute approximate surface area is 119 Å². The first-order valence-electron chi connectivity index (χ1n) is 6.34. The van der Waals surface area contributed by atoms with E-state index >= 15 is 0 Å². The summed E-state index contributed by atoms with van der Waals surface area (Å²) in [5, 5.41) is 11.2. The zero-order chi connectivity index (χ0) is 14.9. The molecule has 0 fully saturated rings. The van der Waals surface area contributed by atoms with Crippen molar-refractivity contribution in [2.45, 2.75) is 5.60 Å². The van der Waals surface area contributed by atoms with Crippen LogP contribution in [-0.4, -0.2) is 15.1 Å². The first kappa shape index (κ1) is 13.5. The Morgan fingerprint density at radius 3 is 1.71 bits per heavy atom. The summed E-state index contributed by atoms with van der Waals surface area (Å²) in [7, 11) is 0. The van der Waals surface area contributed by atoms with E-state index in [0.717, 1.165) is 0 Å². The number of halogens is 2. The summed E-state index contributed by atoms with van der Waals surface area (Å²) in [5.74, 6) is -0.797. The van der Waals surface area contributed by atoms with Gasteiger partial charge in [0.2, 0.25) is 0 Å². The maximum Gasteiger partial charge on any atom is 0.156 e. The molecule has 0 bridgehead atoms. The molecule has 5 heteroatoms. The monoisotopic (exact) mass is 286 g/mol. The van der Waals surface area contributed by atoms with Crippen LogP contribution in [0, 0.1) is 11.6 Å². The predicted molar refractivity (Wildman–Crippen MR) is 73.5 cm³/mol. The summed E-state index contributed by atoms with van der Waals surface area (Å²) >= 11 is 0. The van der Waals surface area contributed by atoms with Crippen molar-refractivity contribution >= 4 is 0 Å². The van der Waals surface area contributed by atoms with Gasteiger partial charge in [0.1, 0.15) is 11.6 Å². The third kappa shape index (κ3) is 2.32. The van der Waals surface area contributed by atoms with Crippen molar-refractivity contribution < 1.29 is 13.9 Å². The number of rotatable bonds is 3. The average Bonchev–Trinajstić information content (AvgIpc) is 3.02. The number of aromatic amines is 1. The van der Waals surface area contributed by atoms with E-state index in [2.05, 4.69) is 9.97 Å². The van der Waals surface area contributed by atoms with Gasteiger partial charge in [0.25, 0.3) is 0 Å². The molecule has 0 spiro atoms. The molecular weight excluding hydrogens is 274 g/mol. The number of imidazole rings is 1. The summed E-state index contributed by atoms with van der Waals surface area (Å²) in [6.07, 6.45) is 2.92. The summed E-state index contributed by atoms with van der Waals surface area (Å²) in [5.41, 5.74) is -0.224. The second-order valence-corrected chi connectivity index (χ2v) is 4.69. The van der Waals surface area contributed by atoms with Gasteiger partial charge < -0.3 is 10.1 Å². The predicted octanol–water partition coefficient (Wildman–Crippen LogP) is 2.97. The minimum absolute atomic E-state index is 0.398. The third-order valence-electron chi connectivity index (χ3n) is 3.41. The standard InChI is InChI=1S/C16H12F2N2O/c17-13-5-1-11(2-6-13)16(21,15-9-19-10-20-15)12-3-7-14(18)8-4-12/h1-10,21H,(H,19,20). The van der Waals surface area contributed by atoms with Gasteiger partial charge in [-0.1, -0.05) is 24.3 Å². The average molecular weight is 286 g/mol. The van der Waals surface area contributed by atoms with Crippen molar-refractivity contribution in [3.05, 3.63) is 89.5 Å². The van der Waals surface area contributed by atoms with Gasteiger partial charge in [-0.2, -0.15) is 0 Å². The highest BCUT2D eigenvalue weighted by molar-refractivity contribution is 5.43. The summed E-state index contributed by atoms with van der Waals surface area (Å²) in [6.45, 7) is 0. The molecule has 3 aromatic rings. The molecule has 1 heterocycles. The van der Waals surface area contributed by atoms with Crippen molar-refractivity contribution in [2.75, 3.05) is 0 Å². The van der Waals surface area contributed by atoms with Gasteiger partial charge in [0.05, 0.1) is 18.2 Å². The van der Waals surface area contributed by atoms with E-state index in [0.29, 0.717) is 16.8 Å². The van der Waals surface area contributed by atoms with Crippen LogP contribution in [-0.2, 0) is 5.60 Å². The first-order valence-corrected chi connectivity index (χ1v) is 6.34. The minimum Gasteiger partial charge on any atom is -0.374 e. The fourth-order valence-electron chi connectivity index (χ4n) is 2.31. The highest BCUT2D eigenvalue weighted by Gasteiger charge is 2.35. The fraction of sp³-hybridized carbons (Fsp3) is 0.0625. The molecule has 106 valence electrons. The van der Waals surface area contributed by atoms with Gasteiger partial charge in [0.15, 0.2) is 5.60 Å². The van der Waals surface area contributed by atoms with Gasteiger partial charge in [-0.05, 0) is 35.4 Å². The zero-order valence-corrected chi connectivity index (χ0v) is 10.9. The molecule has 0 amide bonds. The Hall–Kier alpha value is -2.53. The van der Waals surface area contributed by atoms with Crippen molar-refractivity contribution in [1.29, 1.82) is 0 Å². The number of aliphatic hydroxyl groups is 1. The van der Waals surface area contributed by atoms with Gasteiger partial charge in [-0.15, -0.1) is 0 Å². The quantitative estimate of drug-likeness (QED) is 0.777. The first-order chi connectivity index (χ1) is 10.1. The van der Waals surface area contributed by atoms with Crippen molar-refractivity contribution in [3.63, 3.8) is 0 Å². The molecule has 0 radical (unpaired) electrons. The second-order valence-electron chi connectivity index (χ2n) is 4.69. The van der Waals surface area contributed by atoms with E-state index in [9.17, 15) is 13.9 Å². The fourth-order valence-corrected chi connectivity index (χ4v) is 2.31. The van der Waals surface area contributed by atoms with Gasteiger partial charge in [-0.3, -0.25) is 0 Å². The molecule has 0 atom stereocenters. The van der Waals surface area contributed by atoms with Gasteiger partial charge in [0, 0.05) is 0 Å². The summed E-state index contributed by atoms with van der Waals surface area (Å²) < 4.78 is 26.2. The van der Waals surface area contributed by atoms with E-state index in [4.69, 9.17) is 0 Å². The van der Waals surface area contributed by atoms with Crippen molar-refractivity contribution in [3.8, 4) is 0 Å². The largest absolute Gasteiger partial charge is 0.374 e. The molecule has 2 N–H and O–H groups in total. The van der Waals surface area contributed by atoms with Gasteiger partial charge >= 0.3 is 0 Å². The highest BCUT2D eigenvalue weighted by Crippen LogP contribution is 2.35. The molecule has 0 aliphatic rings. The molecule has 0 saturated carbocycles. The maximum absolute atomic E-state index is 13.1. The van der Waals surface area contributed by atoms with Gasteiger partial charge in [-0.25, -0.2) is 13.8 Å². The molecule has 0 unspecified atom stereocenters. The van der Waals surface area contributed by atoms with Crippen LogP contribution in [0.5, 0.6) is 0 Å². The van der Waals surface area contributed by atoms with Crippen LogP contribution >= 0.6 is 0 Å². The molecule has 21 heavy (non-hydrogen) atoms. The number of H-pyrrole nitrogens is 1. The second kappa shape index (κ2) is 5.10. The van der Waals surface area contributed by atoms with E-state index in [1.807, 2.05) is 0 Å². The number of hydrogen-bond acceptors (Lipinski definition) is 2. The molecule has 0 aliphatic heterocycles. The molecule has 3 nitrogen and oxygen atoms in total. The Kier molecular flexibility index (Phi) is 3.27. The van der Waals surface area contributed by atoms with Crippen LogP contribution in [0.4, 0.5) is 8.78 Å². The van der Waals surface area contributed by atoms with Crippen LogP contribution < -0.4 is 0 Å². The number of benzene rings is 2. The summed E-state index contributed by atoms with van der Waals surface area (Å²) in [6, 6.07) is 11.0.